The first kappa shape index (κ1) is 12.8. The molecule has 0 atom stereocenters. The minimum atomic E-state index is -0.410. The van der Waals surface area contributed by atoms with Gasteiger partial charge in [0.2, 0.25) is 0 Å². The number of hydrogen-bond acceptors (Lipinski definition) is 4. The molecule has 0 amide bonds. The second kappa shape index (κ2) is 5.75. The third kappa shape index (κ3) is 3.41. The second-order valence-corrected chi connectivity index (χ2v) is 5.12. The molecule has 88 valence electrons. The van der Waals surface area contributed by atoms with Gasteiger partial charge in [0.25, 0.3) is 0 Å². The summed E-state index contributed by atoms with van der Waals surface area (Å²) in [6.45, 7) is 4.27. The predicted octanol–water partition coefficient (Wildman–Crippen LogP) is 3.32. The summed E-state index contributed by atoms with van der Waals surface area (Å²) in [5, 5.41) is 10.9. The van der Waals surface area contributed by atoms with Crippen molar-refractivity contribution in [2.45, 2.75) is 25.2 Å². The van der Waals surface area contributed by atoms with Gasteiger partial charge in [-0.15, -0.1) is 11.8 Å². The SMILES string of the molecule is CC(C)CCSc1cccc(N)c1[N+](=O)[O-]. The summed E-state index contributed by atoms with van der Waals surface area (Å²) in [6.07, 6.45) is 1.04. The van der Waals surface area contributed by atoms with Gasteiger partial charge in [0.05, 0.1) is 9.82 Å². The second-order valence-electron chi connectivity index (χ2n) is 3.98. The van der Waals surface area contributed by atoms with E-state index in [-0.39, 0.29) is 11.4 Å². The molecule has 0 aliphatic carbocycles. The minimum Gasteiger partial charge on any atom is -0.393 e. The number of nitrogens with zero attached hydrogens (tertiary/aromatic N) is 1. The Labute approximate surface area is 99.4 Å². The number of nitrogens with two attached hydrogens (primary N) is 1. The lowest BCUT2D eigenvalue weighted by Gasteiger charge is -2.06. The summed E-state index contributed by atoms with van der Waals surface area (Å²) in [5.41, 5.74) is 5.87. The standard InChI is InChI=1S/C11H16N2O2S/c1-8(2)6-7-16-10-5-3-4-9(12)11(10)13(14)15/h3-5,8H,6-7,12H2,1-2H3. The highest BCUT2D eigenvalue weighted by Gasteiger charge is 2.17. The number of nitro groups is 1. The molecule has 0 aliphatic rings. The van der Waals surface area contributed by atoms with E-state index in [0.717, 1.165) is 12.2 Å². The van der Waals surface area contributed by atoms with Crippen LogP contribution >= 0.6 is 11.8 Å². The van der Waals surface area contributed by atoms with E-state index in [1.54, 1.807) is 18.2 Å². The molecule has 0 aromatic heterocycles. The number of para-hydroxylation sites is 1. The van der Waals surface area contributed by atoms with Crippen LogP contribution in [0.15, 0.2) is 23.1 Å². The summed E-state index contributed by atoms with van der Waals surface area (Å²) in [6, 6.07) is 5.06. The Morgan fingerprint density at radius 1 is 1.50 bits per heavy atom. The summed E-state index contributed by atoms with van der Waals surface area (Å²) in [7, 11) is 0. The van der Waals surface area contributed by atoms with Crippen LogP contribution in [0.25, 0.3) is 0 Å². The van der Waals surface area contributed by atoms with Crippen LogP contribution in [0.5, 0.6) is 0 Å². The lowest BCUT2D eigenvalue weighted by Crippen LogP contribution is -1.98. The maximum atomic E-state index is 10.9. The fraction of sp³-hybridized carbons (Fsp3) is 0.455. The van der Waals surface area contributed by atoms with Crippen molar-refractivity contribution >= 4 is 23.1 Å². The van der Waals surface area contributed by atoms with Crippen molar-refractivity contribution in [2.75, 3.05) is 11.5 Å². The zero-order chi connectivity index (χ0) is 12.1. The van der Waals surface area contributed by atoms with E-state index < -0.39 is 4.92 Å². The fourth-order valence-electron chi connectivity index (χ4n) is 1.26. The number of rotatable bonds is 5. The Morgan fingerprint density at radius 3 is 2.75 bits per heavy atom. The van der Waals surface area contributed by atoms with Crippen molar-refractivity contribution < 1.29 is 4.92 Å². The van der Waals surface area contributed by atoms with Crippen molar-refractivity contribution in [3.05, 3.63) is 28.3 Å². The molecule has 1 aromatic rings. The molecule has 16 heavy (non-hydrogen) atoms. The number of thioether (sulfide) groups is 1. The number of nitrogen functional groups attached to an aromatic ring is 1. The zero-order valence-electron chi connectivity index (χ0n) is 9.47. The first-order valence-electron chi connectivity index (χ1n) is 5.18. The predicted molar refractivity (Wildman–Crippen MR) is 67.7 cm³/mol. The molecule has 5 heteroatoms. The van der Waals surface area contributed by atoms with Crippen LogP contribution < -0.4 is 5.73 Å². The van der Waals surface area contributed by atoms with Crippen molar-refractivity contribution in [3.8, 4) is 0 Å². The van der Waals surface area contributed by atoms with Crippen molar-refractivity contribution in [3.63, 3.8) is 0 Å². The molecular weight excluding hydrogens is 224 g/mol. The maximum absolute atomic E-state index is 10.9. The molecular formula is C11H16N2O2S. The van der Waals surface area contributed by atoms with Crippen molar-refractivity contribution in [1.29, 1.82) is 0 Å². The average molecular weight is 240 g/mol. The molecule has 0 unspecified atom stereocenters. The monoisotopic (exact) mass is 240 g/mol. The molecule has 0 fully saturated rings. The minimum absolute atomic E-state index is 0.0382. The molecule has 0 spiro atoms. The van der Waals surface area contributed by atoms with Gasteiger partial charge in [-0.25, -0.2) is 0 Å². The van der Waals surface area contributed by atoms with Crippen molar-refractivity contribution in [1.82, 2.24) is 0 Å². The Bertz CT molecular complexity index is 380. The molecule has 0 bridgehead atoms. The van der Waals surface area contributed by atoms with Gasteiger partial charge in [0.15, 0.2) is 0 Å². The number of nitro benzene ring substituents is 1. The topological polar surface area (TPSA) is 69.2 Å². The summed E-state index contributed by atoms with van der Waals surface area (Å²) < 4.78 is 0. The maximum Gasteiger partial charge on any atom is 0.305 e. The molecule has 0 radical (unpaired) electrons. The Kier molecular flexibility index (Phi) is 4.61. The molecule has 2 N–H and O–H groups in total. The van der Waals surface area contributed by atoms with Crippen LogP contribution in [0.2, 0.25) is 0 Å². The number of benzene rings is 1. The van der Waals surface area contributed by atoms with Crippen LogP contribution in [0, 0.1) is 16.0 Å². The van der Waals surface area contributed by atoms with E-state index in [1.165, 1.54) is 11.8 Å². The highest BCUT2D eigenvalue weighted by Crippen LogP contribution is 2.34. The van der Waals surface area contributed by atoms with Gasteiger partial charge in [-0.1, -0.05) is 19.9 Å². The normalized spacial score (nSPS) is 10.7. The molecule has 0 saturated carbocycles. The summed E-state index contributed by atoms with van der Waals surface area (Å²) in [5.74, 6) is 1.48. The van der Waals surface area contributed by atoms with E-state index in [4.69, 9.17) is 5.73 Å². The van der Waals surface area contributed by atoms with Gasteiger partial charge in [-0.2, -0.15) is 0 Å². The molecule has 0 heterocycles. The quantitative estimate of drug-likeness (QED) is 0.371. The van der Waals surface area contributed by atoms with E-state index in [2.05, 4.69) is 13.8 Å². The lowest BCUT2D eigenvalue weighted by atomic mass is 10.2. The van der Waals surface area contributed by atoms with E-state index in [9.17, 15) is 10.1 Å². The van der Waals surface area contributed by atoms with Crippen LogP contribution in [0.3, 0.4) is 0 Å². The molecule has 4 nitrogen and oxygen atoms in total. The van der Waals surface area contributed by atoms with Crippen LogP contribution in [0.4, 0.5) is 11.4 Å². The van der Waals surface area contributed by atoms with E-state index in [0.29, 0.717) is 10.8 Å². The Balaban J connectivity index is 2.79. The molecule has 1 aromatic carbocycles. The summed E-state index contributed by atoms with van der Waals surface area (Å²) in [4.78, 5) is 11.1. The van der Waals surface area contributed by atoms with Crippen LogP contribution in [-0.4, -0.2) is 10.7 Å². The van der Waals surface area contributed by atoms with Crippen LogP contribution in [0.1, 0.15) is 20.3 Å². The Morgan fingerprint density at radius 2 is 2.19 bits per heavy atom. The lowest BCUT2D eigenvalue weighted by molar-refractivity contribution is -0.386. The highest BCUT2D eigenvalue weighted by atomic mass is 32.2. The zero-order valence-corrected chi connectivity index (χ0v) is 10.3. The molecule has 0 saturated heterocycles. The van der Waals surface area contributed by atoms with Crippen LogP contribution in [-0.2, 0) is 0 Å². The fourth-order valence-corrected chi connectivity index (χ4v) is 2.57. The third-order valence-electron chi connectivity index (χ3n) is 2.17. The first-order valence-corrected chi connectivity index (χ1v) is 6.16. The van der Waals surface area contributed by atoms with E-state index in [1.807, 2.05) is 0 Å². The van der Waals surface area contributed by atoms with Gasteiger partial charge < -0.3 is 5.73 Å². The first-order chi connectivity index (χ1) is 7.52. The molecule has 0 aliphatic heterocycles. The Hall–Kier alpha value is -1.23. The largest absolute Gasteiger partial charge is 0.393 e. The van der Waals surface area contributed by atoms with Gasteiger partial charge in [-0.3, -0.25) is 10.1 Å². The number of hydrogen-bond donors (Lipinski definition) is 1. The smallest absolute Gasteiger partial charge is 0.305 e. The van der Waals surface area contributed by atoms with Crippen molar-refractivity contribution in [2.24, 2.45) is 5.92 Å². The average Bonchev–Trinajstić information content (AvgIpc) is 2.16. The molecule has 1 rings (SSSR count). The third-order valence-corrected chi connectivity index (χ3v) is 3.25. The van der Waals surface area contributed by atoms with Gasteiger partial charge in [0.1, 0.15) is 5.69 Å². The summed E-state index contributed by atoms with van der Waals surface area (Å²) >= 11 is 1.50. The van der Waals surface area contributed by atoms with E-state index >= 15 is 0 Å². The van der Waals surface area contributed by atoms with Gasteiger partial charge >= 0.3 is 5.69 Å². The number of anilines is 1. The highest BCUT2D eigenvalue weighted by molar-refractivity contribution is 7.99. The van der Waals surface area contributed by atoms with Gasteiger partial charge in [0, 0.05) is 0 Å². The van der Waals surface area contributed by atoms with Gasteiger partial charge in [-0.05, 0) is 30.2 Å².